The zero-order valence-electron chi connectivity index (χ0n) is 24.6. The number of anilines is 4. The lowest BCUT2D eigenvalue weighted by atomic mass is 9.87. The SMILES string of the molecule is COc1cn2nccc2cc1Nc1nc(Nc2cc3ccnn3cc2OC)c2c3c(sc2n1)CC(C(=O)N(C)CC(F)F)CC3. The molecule has 6 aromatic rings. The highest BCUT2D eigenvalue weighted by Gasteiger charge is 2.32. The Balaban J connectivity index is 1.31. The highest BCUT2D eigenvalue weighted by molar-refractivity contribution is 7.19. The summed E-state index contributed by atoms with van der Waals surface area (Å²) in [5, 5.41) is 16.2. The van der Waals surface area contributed by atoms with E-state index in [0.717, 1.165) is 36.6 Å². The third-order valence-electron chi connectivity index (χ3n) is 7.98. The first-order chi connectivity index (χ1) is 21.8. The smallest absolute Gasteiger partial charge is 0.255 e. The number of nitrogens with one attached hydrogen (secondary N) is 2. The number of aromatic nitrogens is 6. The highest BCUT2D eigenvalue weighted by atomic mass is 32.1. The summed E-state index contributed by atoms with van der Waals surface area (Å²) in [5.41, 5.74) is 4.11. The molecule has 1 atom stereocenters. The summed E-state index contributed by atoms with van der Waals surface area (Å²) in [6.07, 6.45) is 5.96. The summed E-state index contributed by atoms with van der Waals surface area (Å²) >= 11 is 1.48. The number of amides is 1. The Labute approximate surface area is 259 Å². The quantitative estimate of drug-likeness (QED) is 0.218. The van der Waals surface area contributed by atoms with E-state index in [-0.39, 0.29) is 11.8 Å². The van der Waals surface area contributed by atoms with E-state index < -0.39 is 13.0 Å². The van der Waals surface area contributed by atoms with Gasteiger partial charge in [-0.05, 0) is 49.1 Å². The van der Waals surface area contributed by atoms with E-state index in [1.165, 1.54) is 18.4 Å². The number of aryl methyl sites for hydroxylation is 1. The van der Waals surface area contributed by atoms with Crippen molar-refractivity contribution in [3.8, 4) is 11.5 Å². The van der Waals surface area contributed by atoms with Gasteiger partial charge in [-0.1, -0.05) is 0 Å². The molecule has 1 amide bonds. The molecule has 7 rings (SSSR count). The molecule has 0 saturated carbocycles. The topological polar surface area (TPSA) is 123 Å². The van der Waals surface area contributed by atoms with Gasteiger partial charge in [-0.2, -0.15) is 15.2 Å². The van der Waals surface area contributed by atoms with Crippen molar-refractivity contribution in [2.24, 2.45) is 5.92 Å². The summed E-state index contributed by atoms with van der Waals surface area (Å²) in [5.74, 6) is 1.36. The fraction of sp³-hybridized carbons (Fsp3) is 0.300. The van der Waals surface area contributed by atoms with E-state index in [2.05, 4.69) is 20.8 Å². The van der Waals surface area contributed by atoms with Gasteiger partial charge in [0.25, 0.3) is 6.43 Å². The van der Waals surface area contributed by atoms with Crippen LogP contribution in [-0.2, 0) is 17.6 Å². The van der Waals surface area contributed by atoms with Gasteiger partial charge in [-0.3, -0.25) is 4.79 Å². The van der Waals surface area contributed by atoms with Gasteiger partial charge >= 0.3 is 0 Å². The average molecular weight is 634 g/mol. The number of methoxy groups -OCH3 is 2. The number of halogens is 2. The molecule has 0 fully saturated rings. The second-order valence-electron chi connectivity index (χ2n) is 10.8. The zero-order chi connectivity index (χ0) is 31.2. The summed E-state index contributed by atoms with van der Waals surface area (Å²) < 4.78 is 40.7. The standard InChI is InChI=1S/C30H29F2N9O3S/c1-39(15-25(31)32)29(42)16-4-5-19-24(10-16)45-28-26(19)27(35-20-11-17-6-8-33-40(17)13-22(20)43-2)37-30(38-28)36-21-12-18-7-9-34-41(18)14-23(21)44-3/h6-9,11-14,16,25H,4-5,10,15H2,1-3H3,(H2,35,36,37,38). The zero-order valence-corrected chi connectivity index (χ0v) is 25.4. The molecular weight excluding hydrogens is 604 g/mol. The molecule has 0 spiro atoms. The molecule has 45 heavy (non-hydrogen) atoms. The largest absolute Gasteiger partial charge is 0.493 e. The minimum absolute atomic E-state index is 0.272. The number of pyridine rings is 2. The first-order valence-electron chi connectivity index (χ1n) is 14.2. The van der Waals surface area contributed by atoms with Gasteiger partial charge in [0, 0.05) is 30.2 Å². The van der Waals surface area contributed by atoms with Crippen LogP contribution in [0.3, 0.4) is 0 Å². The van der Waals surface area contributed by atoms with Crippen LogP contribution in [0.25, 0.3) is 21.3 Å². The molecule has 0 saturated heterocycles. The minimum atomic E-state index is -2.58. The maximum Gasteiger partial charge on any atom is 0.255 e. The molecule has 2 N–H and O–H groups in total. The van der Waals surface area contributed by atoms with Gasteiger partial charge < -0.3 is 25.0 Å². The molecule has 0 bridgehead atoms. The van der Waals surface area contributed by atoms with E-state index >= 15 is 0 Å². The number of hydrogen-bond donors (Lipinski definition) is 2. The van der Waals surface area contributed by atoms with Crippen LogP contribution in [0, 0.1) is 5.92 Å². The molecule has 6 heterocycles. The molecule has 0 radical (unpaired) electrons. The Morgan fingerprint density at radius 2 is 1.69 bits per heavy atom. The van der Waals surface area contributed by atoms with Crippen LogP contribution in [0.2, 0.25) is 0 Å². The molecule has 232 valence electrons. The van der Waals surface area contributed by atoms with Crippen LogP contribution in [0.5, 0.6) is 11.5 Å². The van der Waals surface area contributed by atoms with Crippen molar-refractivity contribution < 1.29 is 23.0 Å². The molecule has 1 aliphatic rings. The summed E-state index contributed by atoms with van der Waals surface area (Å²) in [7, 11) is 4.60. The Hall–Kier alpha value is -5.05. The maximum absolute atomic E-state index is 13.0. The van der Waals surface area contributed by atoms with Crippen LogP contribution < -0.4 is 20.1 Å². The van der Waals surface area contributed by atoms with Crippen molar-refractivity contribution in [2.75, 3.05) is 38.4 Å². The van der Waals surface area contributed by atoms with Crippen LogP contribution in [0.15, 0.2) is 49.1 Å². The number of carbonyl (C=O) groups excluding carboxylic acids is 1. The first kappa shape index (κ1) is 28.7. The van der Waals surface area contributed by atoms with Crippen LogP contribution in [0.1, 0.15) is 16.9 Å². The lowest BCUT2D eigenvalue weighted by Gasteiger charge is -2.26. The molecule has 1 aliphatic carbocycles. The predicted molar refractivity (Wildman–Crippen MR) is 167 cm³/mol. The van der Waals surface area contributed by atoms with Gasteiger partial charge in [0.2, 0.25) is 11.9 Å². The molecule has 1 unspecified atom stereocenters. The predicted octanol–water partition coefficient (Wildman–Crippen LogP) is 5.32. The number of thiophene rings is 1. The van der Waals surface area contributed by atoms with Crippen molar-refractivity contribution in [3.05, 3.63) is 59.5 Å². The lowest BCUT2D eigenvalue weighted by molar-refractivity contribution is -0.136. The van der Waals surface area contributed by atoms with Crippen LogP contribution in [0.4, 0.5) is 31.9 Å². The Morgan fingerprint density at radius 3 is 2.31 bits per heavy atom. The number of nitrogens with zero attached hydrogens (tertiary/aromatic N) is 7. The fourth-order valence-corrected chi connectivity index (χ4v) is 7.10. The van der Waals surface area contributed by atoms with Gasteiger partial charge in [0.15, 0.2) is 11.5 Å². The maximum atomic E-state index is 13.0. The van der Waals surface area contributed by atoms with Crippen LogP contribution in [-0.4, -0.2) is 74.2 Å². The number of hydrogen-bond acceptors (Lipinski definition) is 10. The number of rotatable bonds is 9. The van der Waals surface area contributed by atoms with E-state index in [0.29, 0.717) is 53.9 Å². The summed E-state index contributed by atoms with van der Waals surface area (Å²) in [6.45, 7) is -0.582. The van der Waals surface area contributed by atoms with Gasteiger partial charge in [-0.25, -0.2) is 22.8 Å². The third-order valence-corrected chi connectivity index (χ3v) is 9.13. The van der Waals surface area contributed by atoms with Crippen molar-refractivity contribution in [1.29, 1.82) is 0 Å². The van der Waals surface area contributed by atoms with E-state index in [4.69, 9.17) is 19.4 Å². The monoisotopic (exact) mass is 633 g/mol. The molecule has 15 heteroatoms. The second kappa shape index (κ2) is 11.5. The Morgan fingerprint density at radius 1 is 1.04 bits per heavy atom. The first-order valence-corrected chi connectivity index (χ1v) is 15.0. The van der Waals surface area contributed by atoms with Crippen molar-refractivity contribution in [2.45, 2.75) is 25.7 Å². The van der Waals surface area contributed by atoms with Crippen molar-refractivity contribution in [3.63, 3.8) is 0 Å². The van der Waals surface area contributed by atoms with E-state index in [1.807, 2.05) is 24.3 Å². The van der Waals surface area contributed by atoms with Gasteiger partial charge in [-0.15, -0.1) is 11.3 Å². The molecule has 12 nitrogen and oxygen atoms in total. The lowest BCUT2D eigenvalue weighted by Crippen LogP contribution is -2.38. The molecule has 6 aromatic heterocycles. The van der Waals surface area contributed by atoms with Crippen molar-refractivity contribution >= 4 is 61.6 Å². The number of ether oxygens (including phenoxy) is 2. The number of fused-ring (bicyclic) bond motifs is 5. The van der Waals surface area contributed by atoms with E-state index in [9.17, 15) is 13.6 Å². The van der Waals surface area contributed by atoms with Gasteiger partial charge in [0.1, 0.15) is 10.6 Å². The number of alkyl halides is 2. The Bertz CT molecular complexity index is 2060. The molecular formula is C30H29F2N9O3S. The Kier molecular flexibility index (Phi) is 7.31. The number of carbonyl (C=O) groups is 1. The summed E-state index contributed by atoms with van der Waals surface area (Å²) in [6, 6.07) is 7.59. The third kappa shape index (κ3) is 5.32. The van der Waals surface area contributed by atoms with E-state index in [1.54, 1.807) is 48.0 Å². The average Bonchev–Trinajstić information content (AvgIpc) is 3.76. The molecule has 0 aliphatic heterocycles. The molecule has 0 aromatic carbocycles. The second-order valence-corrected chi connectivity index (χ2v) is 11.9. The van der Waals surface area contributed by atoms with Gasteiger partial charge in [0.05, 0.1) is 61.0 Å². The minimum Gasteiger partial charge on any atom is -0.493 e. The summed E-state index contributed by atoms with van der Waals surface area (Å²) in [4.78, 5) is 25.7. The normalized spacial score (nSPS) is 14.7. The van der Waals surface area contributed by atoms with Crippen molar-refractivity contribution in [1.82, 2.24) is 34.1 Å². The fourth-order valence-electron chi connectivity index (χ4n) is 5.80. The van der Waals surface area contributed by atoms with Crippen LogP contribution >= 0.6 is 11.3 Å². The highest BCUT2D eigenvalue weighted by Crippen LogP contribution is 2.43.